The first-order chi connectivity index (χ1) is 10.7. The van der Waals surface area contributed by atoms with E-state index in [1.807, 2.05) is 6.92 Å². The Morgan fingerprint density at radius 3 is 2.64 bits per heavy atom. The Morgan fingerprint density at radius 1 is 1.27 bits per heavy atom. The van der Waals surface area contributed by atoms with Crippen LogP contribution in [0.4, 0.5) is 0 Å². The highest BCUT2D eigenvalue weighted by Crippen LogP contribution is 2.16. The van der Waals surface area contributed by atoms with E-state index in [2.05, 4.69) is 22.5 Å². The average molecular weight is 320 g/mol. The quantitative estimate of drug-likeness (QED) is 0.794. The minimum atomic E-state index is -0.206. The first-order valence-electron chi connectivity index (χ1n) is 7.24. The van der Waals surface area contributed by atoms with Crippen molar-refractivity contribution in [1.82, 2.24) is 14.9 Å². The minimum absolute atomic E-state index is 0.206. The molecule has 0 saturated heterocycles. The zero-order valence-electron chi connectivity index (χ0n) is 13.0. The fourth-order valence-electron chi connectivity index (χ4n) is 1.78. The van der Waals surface area contributed by atoms with Gasteiger partial charge in [0.15, 0.2) is 0 Å². The van der Waals surface area contributed by atoms with Crippen molar-refractivity contribution in [3.63, 3.8) is 0 Å². The van der Waals surface area contributed by atoms with Crippen LogP contribution in [0.1, 0.15) is 36.5 Å². The SMILES string of the molecule is CCCOc1ccc(C(=O)Nn2c(C)nnc2SCC)cc1. The fraction of sp³-hybridized carbons (Fsp3) is 0.400. The highest BCUT2D eigenvalue weighted by Gasteiger charge is 2.13. The smallest absolute Gasteiger partial charge is 0.270 e. The molecule has 0 unspecified atom stereocenters. The van der Waals surface area contributed by atoms with E-state index in [-0.39, 0.29) is 5.91 Å². The van der Waals surface area contributed by atoms with E-state index < -0.39 is 0 Å². The summed E-state index contributed by atoms with van der Waals surface area (Å²) in [6, 6.07) is 7.08. The van der Waals surface area contributed by atoms with Gasteiger partial charge in [0, 0.05) is 5.56 Å². The summed E-state index contributed by atoms with van der Waals surface area (Å²) in [4.78, 5) is 12.3. The summed E-state index contributed by atoms with van der Waals surface area (Å²) in [5, 5.41) is 8.71. The van der Waals surface area contributed by atoms with Crippen molar-refractivity contribution < 1.29 is 9.53 Å². The van der Waals surface area contributed by atoms with Gasteiger partial charge in [0.1, 0.15) is 11.6 Å². The Balaban J connectivity index is 2.07. The van der Waals surface area contributed by atoms with Gasteiger partial charge < -0.3 is 4.74 Å². The summed E-state index contributed by atoms with van der Waals surface area (Å²) in [5.41, 5.74) is 3.37. The van der Waals surface area contributed by atoms with Gasteiger partial charge in [0.05, 0.1) is 6.61 Å². The van der Waals surface area contributed by atoms with E-state index in [1.54, 1.807) is 35.9 Å². The molecule has 0 aliphatic rings. The lowest BCUT2D eigenvalue weighted by Crippen LogP contribution is -2.24. The molecule has 0 saturated carbocycles. The van der Waals surface area contributed by atoms with Crippen LogP contribution in [-0.4, -0.2) is 33.1 Å². The van der Waals surface area contributed by atoms with Gasteiger partial charge in [-0.1, -0.05) is 25.6 Å². The second-order valence-corrected chi connectivity index (χ2v) is 5.84. The van der Waals surface area contributed by atoms with Crippen LogP contribution in [0.15, 0.2) is 29.4 Å². The molecule has 1 aromatic carbocycles. The van der Waals surface area contributed by atoms with E-state index in [1.165, 1.54) is 11.8 Å². The number of aryl methyl sites for hydroxylation is 1. The van der Waals surface area contributed by atoms with Crippen LogP contribution in [0.2, 0.25) is 0 Å². The maximum atomic E-state index is 12.3. The maximum absolute atomic E-state index is 12.3. The third-order valence-electron chi connectivity index (χ3n) is 2.87. The predicted molar refractivity (Wildman–Crippen MR) is 87.1 cm³/mol. The number of thioether (sulfide) groups is 1. The molecule has 2 aromatic rings. The molecule has 6 nitrogen and oxygen atoms in total. The molecule has 1 heterocycles. The normalized spacial score (nSPS) is 10.5. The van der Waals surface area contributed by atoms with Crippen LogP contribution in [0.25, 0.3) is 0 Å². The second kappa shape index (κ2) is 7.84. The highest BCUT2D eigenvalue weighted by molar-refractivity contribution is 7.99. The molecule has 0 atom stereocenters. The molecule has 0 fully saturated rings. The molecule has 7 heteroatoms. The Labute approximate surface area is 134 Å². The largest absolute Gasteiger partial charge is 0.494 e. The molecule has 2 rings (SSSR count). The monoisotopic (exact) mass is 320 g/mol. The van der Waals surface area contributed by atoms with Crippen molar-refractivity contribution in [2.45, 2.75) is 32.3 Å². The van der Waals surface area contributed by atoms with Crippen LogP contribution in [0.3, 0.4) is 0 Å². The number of rotatable bonds is 7. The molecule has 0 radical (unpaired) electrons. The lowest BCUT2D eigenvalue weighted by molar-refractivity contribution is 0.100. The Kier molecular flexibility index (Phi) is 5.83. The van der Waals surface area contributed by atoms with E-state index in [0.29, 0.717) is 23.2 Å². The molecule has 1 N–H and O–H groups in total. The Bertz CT molecular complexity index is 625. The van der Waals surface area contributed by atoms with Gasteiger partial charge >= 0.3 is 0 Å². The van der Waals surface area contributed by atoms with Gasteiger partial charge in [-0.2, -0.15) is 0 Å². The van der Waals surface area contributed by atoms with E-state index in [4.69, 9.17) is 4.74 Å². The molecule has 1 aromatic heterocycles. The van der Waals surface area contributed by atoms with Gasteiger partial charge in [-0.15, -0.1) is 10.2 Å². The Morgan fingerprint density at radius 2 is 2.00 bits per heavy atom. The number of ether oxygens (including phenoxy) is 1. The molecule has 1 amide bonds. The fourth-order valence-corrected chi connectivity index (χ4v) is 2.45. The molecule has 0 bridgehead atoms. The third-order valence-corrected chi connectivity index (χ3v) is 3.68. The van der Waals surface area contributed by atoms with E-state index in [9.17, 15) is 4.79 Å². The first kappa shape index (κ1) is 16.4. The minimum Gasteiger partial charge on any atom is -0.494 e. The van der Waals surface area contributed by atoms with Crippen molar-refractivity contribution in [3.05, 3.63) is 35.7 Å². The number of carbonyl (C=O) groups excluding carboxylic acids is 1. The average Bonchev–Trinajstić information content (AvgIpc) is 2.87. The van der Waals surface area contributed by atoms with E-state index >= 15 is 0 Å². The molecular weight excluding hydrogens is 300 g/mol. The summed E-state index contributed by atoms with van der Waals surface area (Å²) >= 11 is 1.53. The highest BCUT2D eigenvalue weighted by atomic mass is 32.2. The Hall–Kier alpha value is -2.02. The van der Waals surface area contributed by atoms with Crippen LogP contribution < -0.4 is 10.2 Å². The van der Waals surface area contributed by atoms with Crippen molar-refractivity contribution in [3.8, 4) is 5.75 Å². The van der Waals surface area contributed by atoms with Crippen LogP contribution >= 0.6 is 11.8 Å². The number of benzene rings is 1. The number of amides is 1. The van der Waals surface area contributed by atoms with Crippen molar-refractivity contribution >= 4 is 17.7 Å². The number of hydrogen-bond donors (Lipinski definition) is 1. The van der Waals surface area contributed by atoms with Gasteiger partial charge in [-0.25, -0.2) is 4.68 Å². The number of aromatic nitrogens is 3. The topological polar surface area (TPSA) is 69.0 Å². The second-order valence-electron chi connectivity index (χ2n) is 4.61. The molecule has 0 aliphatic carbocycles. The van der Waals surface area contributed by atoms with Crippen molar-refractivity contribution in [2.75, 3.05) is 17.8 Å². The van der Waals surface area contributed by atoms with Crippen LogP contribution in [0, 0.1) is 6.92 Å². The van der Waals surface area contributed by atoms with Gasteiger partial charge in [0.2, 0.25) is 5.16 Å². The number of nitrogens with one attached hydrogen (secondary N) is 1. The van der Waals surface area contributed by atoms with Crippen LogP contribution in [-0.2, 0) is 0 Å². The number of nitrogens with zero attached hydrogens (tertiary/aromatic N) is 3. The molecule has 0 spiro atoms. The molecule has 22 heavy (non-hydrogen) atoms. The van der Waals surface area contributed by atoms with Crippen molar-refractivity contribution in [2.24, 2.45) is 0 Å². The van der Waals surface area contributed by atoms with Gasteiger partial charge in [-0.3, -0.25) is 10.2 Å². The van der Waals surface area contributed by atoms with Gasteiger partial charge in [0.25, 0.3) is 5.91 Å². The zero-order valence-corrected chi connectivity index (χ0v) is 13.8. The zero-order chi connectivity index (χ0) is 15.9. The summed E-state index contributed by atoms with van der Waals surface area (Å²) in [6.45, 7) is 6.54. The first-order valence-corrected chi connectivity index (χ1v) is 8.23. The third kappa shape index (κ3) is 4.00. The van der Waals surface area contributed by atoms with Crippen molar-refractivity contribution in [1.29, 1.82) is 0 Å². The van der Waals surface area contributed by atoms with Crippen LogP contribution in [0.5, 0.6) is 5.75 Å². The standard InChI is InChI=1S/C15H20N4O2S/c1-4-10-21-13-8-6-12(7-9-13)14(20)18-19-11(3)16-17-15(19)22-5-2/h6-9H,4-5,10H2,1-3H3,(H,18,20). The lowest BCUT2D eigenvalue weighted by Gasteiger charge is -2.10. The number of hydrogen-bond acceptors (Lipinski definition) is 5. The predicted octanol–water partition coefficient (Wildman–Crippen LogP) is 2.87. The summed E-state index contributed by atoms with van der Waals surface area (Å²) in [6.07, 6.45) is 0.951. The summed E-state index contributed by atoms with van der Waals surface area (Å²) < 4.78 is 7.11. The molecular formula is C15H20N4O2S. The van der Waals surface area contributed by atoms with E-state index in [0.717, 1.165) is 17.9 Å². The lowest BCUT2D eigenvalue weighted by atomic mass is 10.2. The summed E-state index contributed by atoms with van der Waals surface area (Å²) in [7, 11) is 0. The summed E-state index contributed by atoms with van der Waals surface area (Å²) in [5.74, 6) is 2.06. The molecule has 0 aliphatic heterocycles. The maximum Gasteiger partial charge on any atom is 0.270 e. The molecule has 118 valence electrons. The van der Waals surface area contributed by atoms with Gasteiger partial charge in [-0.05, 0) is 43.4 Å². The number of carbonyl (C=O) groups is 1.